The monoisotopic (exact) mass is 315 g/mol. The first-order valence-corrected chi connectivity index (χ1v) is 6.75. The van der Waals surface area contributed by atoms with Gasteiger partial charge in [-0.25, -0.2) is 0 Å². The summed E-state index contributed by atoms with van der Waals surface area (Å²) in [6.45, 7) is 5.33. The molecule has 0 saturated carbocycles. The average Bonchev–Trinajstić information content (AvgIpc) is 2.72. The second kappa shape index (κ2) is 5.47. The third-order valence-corrected chi connectivity index (χ3v) is 3.77. The largest absolute Gasteiger partial charge is 0.454 e. The number of rotatable bonds is 5. The van der Waals surface area contributed by atoms with Gasteiger partial charge in [-0.05, 0) is 38.0 Å². The first-order chi connectivity index (χ1) is 8.52. The molecule has 18 heavy (non-hydrogen) atoms. The van der Waals surface area contributed by atoms with Crippen molar-refractivity contribution in [1.82, 2.24) is 5.32 Å². The van der Waals surface area contributed by atoms with Crippen LogP contribution >= 0.6 is 15.9 Å². The Hall–Kier alpha value is -0.780. The van der Waals surface area contributed by atoms with Crippen molar-refractivity contribution in [3.05, 3.63) is 22.2 Å². The van der Waals surface area contributed by atoms with E-state index in [0.717, 1.165) is 28.0 Å². The van der Waals surface area contributed by atoms with Gasteiger partial charge in [-0.15, -0.1) is 0 Å². The number of benzene rings is 1. The normalized spacial score (nSPS) is 14.0. The first-order valence-electron chi connectivity index (χ1n) is 5.96. The van der Waals surface area contributed by atoms with E-state index in [0.29, 0.717) is 6.54 Å². The molecule has 2 rings (SSSR count). The highest BCUT2D eigenvalue weighted by molar-refractivity contribution is 9.10. The summed E-state index contributed by atoms with van der Waals surface area (Å²) >= 11 is 3.53. The standard InChI is InChI=1S/C13H18BrNO3/c1-13(2,3-4-16)15-7-9-5-11-12(6-10(9)14)18-8-17-11/h5-6,15-16H,3-4,7-8H2,1-2H3. The Morgan fingerprint density at radius 1 is 1.33 bits per heavy atom. The fourth-order valence-corrected chi connectivity index (χ4v) is 2.26. The molecule has 1 aliphatic rings. The summed E-state index contributed by atoms with van der Waals surface area (Å²) < 4.78 is 11.7. The molecule has 0 aliphatic carbocycles. The molecule has 100 valence electrons. The minimum Gasteiger partial charge on any atom is -0.454 e. The molecule has 2 N–H and O–H groups in total. The molecule has 1 aliphatic heterocycles. The van der Waals surface area contributed by atoms with Gasteiger partial charge >= 0.3 is 0 Å². The molecule has 1 heterocycles. The van der Waals surface area contributed by atoms with Gasteiger partial charge < -0.3 is 19.9 Å². The molecule has 4 nitrogen and oxygen atoms in total. The van der Waals surface area contributed by atoms with Gasteiger partial charge in [0.25, 0.3) is 0 Å². The topological polar surface area (TPSA) is 50.7 Å². The van der Waals surface area contributed by atoms with Gasteiger partial charge in [-0.1, -0.05) is 15.9 Å². The van der Waals surface area contributed by atoms with Crippen molar-refractivity contribution in [3.63, 3.8) is 0 Å². The average molecular weight is 316 g/mol. The molecule has 0 bridgehead atoms. The number of fused-ring (bicyclic) bond motifs is 1. The van der Waals surface area contributed by atoms with Gasteiger partial charge in [0.2, 0.25) is 6.79 Å². The van der Waals surface area contributed by atoms with Crippen LogP contribution in [-0.2, 0) is 6.54 Å². The van der Waals surface area contributed by atoms with Crippen molar-refractivity contribution >= 4 is 15.9 Å². The van der Waals surface area contributed by atoms with Crippen LogP contribution in [0.15, 0.2) is 16.6 Å². The Bertz CT molecular complexity index is 434. The van der Waals surface area contributed by atoms with E-state index in [-0.39, 0.29) is 18.9 Å². The number of aliphatic hydroxyl groups excluding tert-OH is 1. The fourth-order valence-electron chi connectivity index (χ4n) is 1.80. The van der Waals surface area contributed by atoms with E-state index in [1.165, 1.54) is 0 Å². The van der Waals surface area contributed by atoms with Crippen LogP contribution in [0.25, 0.3) is 0 Å². The zero-order valence-corrected chi connectivity index (χ0v) is 12.2. The van der Waals surface area contributed by atoms with Crippen LogP contribution in [-0.4, -0.2) is 24.0 Å². The molecule has 0 unspecified atom stereocenters. The van der Waals surface area contributed by atoms with Crippen molar-refractivity contribution in [2.45, 2.75) is 32.4 Å². The molecular weight excluding hydrogens is 298 g/mol. The van der Waals surface area contributed by atoms with E-state index in [1.54, 1.807) is 0 Å². The summed E-state index contributed by atoms with van der Waals surface area (Å²) in [6, 6.07) is 3.91. The Labute approximate surface area is 115 Å². The van der Waals surface area contributed by atoms with Crippen molar-refractivity contribution in [2.24, 2.45) is 0 Å². The maximum Gasteiger partial charge on any atom is 0.231 e. The van der Waals surface area contributed by atoms with Gasteiger partial charge in [0, 0.05) is 23.2 Å². The second-order valence-corrected chi connectivity index (χ2v) is 5.86. The quantitative estimate of drug-likeness (QED) is 0.876. The molecule has 0 amide bonds. The number of ether oxygens (including phenoxy) is 2. The Morgan fingerprint density at radius 3 is 2.67 bits per heavy atom. The van der Waals surface area contributed by atoms with Crippen LogP contribution in [0.3, 0.4) is 0 Å². The maximum absolute atomic E-state index is 8.99. The molecule has 1 aromatic carbocycles. The lowest BCUT2D eigenvalue weighted by Gasteiger charge is -2.25. The van der Waals surface area contributed by atoms with E-state index in [4.69, 9.17) is 14.6 Å². The maximum atomic E-state index is 8.99. The number of halogens is 1. The van der Waals surface area contributed by atoms with Crippen LogP contribution in [0.5, 0.6) is 11.5 Å². The summed E-state index contributed by atoms with van der Waals surface area (Å²) in [5.74, 6) is 1.57. The van der Waals surface area contributed by atoms with Crippen molar-refractivity contribution in [1.29, 1.82) is 0 Å². The lowest BCUT2D eigenvalue weighted by molar-refractivity contribution is 0.174. The molecule has 0 fully saturated rings. The molecular formula is C13H18BrNO3. The van der Waals surface area contributed by atoms with Crippen LogP contribution < -0.4 is 14.8 Å². The Morgan fingerprint density at radius 2 is 2.00 bits per heavy atom. The molecule has 1 aromatic rings. The lowest BCUT2D eigenvalue weighted by Crippen LogP contribution is -2.39. The zero-order chi connectivity index (χ0) is 13.2. The summed E-state index contributed by atoms with van der Waals surface area (Å²) in [4.78, 5) is 0. The summed E-state index contributed by atoms with van der Waals surface area (Å²) in [5, 5.41) is 12.4. The molecule has 5 heteroatoms. The van der Waals surface area contributed by atoms with Crippen LogP contribution in [0.1, 0.15) is 25.8 Å². The van der Waals surface area contributed by atoms with Gasteiger partial charge in [0.1, 0.15) is 0 Å². The predicted molar refractivity (Wildman–Crippen MR) is 72.9 cm³/mol. The van der Waals surface area contributed by atoms with Crippen molar-refractivity contribution in [3.8, 4) is 11.5 Å². The number of hydrogen-bond donors (Lipinski definition) is 2. The molecule has 0 spiro atoms. The van der Waals surface area contributed by atoms with E-state index >= 15 is 0 Å². The fraction of sp³-hybridized carbons (Fsp3) is 0.538. The number of hydrogen-bond acceptors (Lipinski definition) is 4. The van der Waals surface area contributed by atoms with E-state index in [2.05, 4.69) is 35.1 Å². The highest BCUT2D eigenvalue weighted by atomic mass is 79.9. The highest BCUT2D eigenvalue weighted by Gasteiger charge is 2.19. The second-order valence-electron chi connectivity index (χ2n) is 5.01. The first kappa shape index (κ1) is 13.6. The SMILES string of the molecule is CC(C)(CCO)NCc1cc2c(cc1Br)OCO2. The third kappa shape index (κ3) is 3.16. The Balaban J connectivity index is 2.06. The third-order valence-electron chi connectivity index (χ3n) is 3.04. The Kier molecular flexibility index (Phi) is 4.14. The van der Waals surface area contributed by atoms with Crippen molar-refractivity contribution in [2.75, 3.05) is 13.4 Å². The van der Waals surface area contributed by atoms with Crippen LogP contribution in [0.2, 0.25) is 0 Å². The summed E-state index contributed by atoms with van der Waals surface area (Å²) in [7, 11) is 0. The molecule has 0 atom stereocenters. The summed E-state index contributed by atoms with van der Waals surface area (Å²) in [6.07, 6.45) is 0.717. The minimum atomic E-state index is -0.0927. The molecule has 0 radical (unpaired) electrons. The zero-order valence-electron chi connectivity index (χ0n) is 10.6. The van der Waals surface area contributed by atoms with Crippen LogP contribution in [0.4, 0.5) is 0 Å². The lowest BCUT2D eigenvalue weighted by atomic mass is 10.0. The van der Waals surface area contributed by atoms with Gasteiger partial charge in [-0.2, -0.15) is 0 Å². The molecule has 0 aromatic heterocycles. The number of nitrogens with one attached hydrogen (secondary N) is 1. The van der Waals surface area contributed by atoms with E-state index in [9.17, 15) is 0 Å². The van der Waals surface area contributed by atoms with Gasteiger partial charge in [0.15, 0.2) is 11.5 Å². The van der Waals surface area contributed by atoms with E-state index in [1.807, 2.05) is 12.1 Å². The van der Waals surface area contributed by atoms with Crippen molar-refractivity contribution < 1.29 is 14.6 Å². The molecule has 0 saturated heterocycles. The van der Waals surface area contributed by atoms with Gasteiger partial charge in [-0.3, -0.25) is 0 Å². The van der Waals surface area contributed by atoms with Gasteiger partial charge in [0.05, 0.1) is 0 Å². The minimum absolute atomic E-state index is 0.0927. The highest BCUT2D eigenvalue weighted by Crippen LogP contribution is 2.37. The predicted octanol–water partition coefficient (Wildman–Crippen LogP) is 2.43. The summed E-state index contributed by atoms with van der Waals surface area (Å²) in [5.41, 5.74) is 1.02. The van der Waals surface area contributed by atoms with E-state index < -0.39 is 0 Å². The van der Waals surface area contributed by atoms with Crippen LogP contribution in [0, 0.1) is 0 Å². The number of aliphatic hydroxyl groups is 1. The smallest absolute Gasteiger partial charge is 0.231 e.